The van der Waals surface area contributed by atoms with Crippen LogP contribution in [0.1, 0.15) is 16.8 Å². The highest BCUT2D eigenvalue weighted by atomic mass is 35.5. The van der Waals surface area contributed by atoms with E-state index in [1.807, 2.05) is 4.57 Å². The number of rotatable bonds is 5. The van der Waals surface area contributed by atoms with Gasteiger partial charge in [0, 0.05) is 16.6 Å². The fourth-order valence-corrected chi connectivity index (χ4v) is 2.74. The van der Waals surface area contributed by atoms with Gasteiger partial charge in [0.1, 0.15) is 11.8 Å². The number of imidazole rings is 1. The lowest BCUT2D eigenvalue weighted by Crippen LogP contribution is -2.09. The number of esters is 1. The number of aryl methyl sites for hydroxylation is 1. The molecule has 9 heteroatoms. The number of aromatic nitrogens is 4. The Labute approximate surface area is 147 Å². The van der Waals surface area contributed by atoms with Crippen LogP contribution < -0.4 is 5.73 Å². The molecule has 3 rings (SSSR count). The van der Waals surface area contributed by atoms with Crippen LogP contribution in [0.25, 0.3) is 11.2 Å². The summed E-state index contributed by atoms with van der Waals surface area (Å²) in [6.45, 7) is 0.819. The summed E-state index contributed by atoms with van der Waals surface area (Å²) in [5.41, 5.74) is 7.26. The van der Waals surface area contributed by atoms with E-state index in [0.717, 1.165) is 0 Å². The molecule has 0 fully saturated rings. The van der Waals surface area contributed by atoms with Crippen LogP contribution in [0.2, 0.25) is 10.0 Å². The normalized spacial score (nSPS) is 10.9. The van der Waals surface area contributed by atoms with Gasteiger partial charge in [0.25, 0.3) is 0 Å². The van der Waals surface area contributed by atoms with Crippen molar-refractivity contribution in [1.29, 1.82) is 0 Å². The highest BCUT2D eigenvalue weighted by Gasteiger charge is 2.10. The second-order valence-corrected chi connectivity index (χ2v) is 5.89. The molecular weight excluding hydrogens is 353 g/mol. The molecule has 2 heterocycles. The van der Waals surface area contributed by atoms with Gasteiger partial charge < -0.3 is 15.0 Å². The molecule has 0 aliphatic heterocycles. The minimum atomic E-state index is -0.471. The van der Waals surface area contributed by atoms with Crippen LogP contribution in [-0.2, 0) is 11.3 Å². The molecule has 3 aromatic rings. The summed E-state index contributed by atoms with van der Waals surface area (Å²) < 4.78 is 7.06. The van der Waals surface area contributed by atoms with E-state index in [-0.39, 0.29) is 6.61 Å². The number of halogens is 2. The molecule has 0 spiro atoms. The molecule has 0 atom stereocenters. The standard InChI is InChI=1S/C15H13Cl2N5O2/c16-10-4-9(5-11(17)6-10)15(23)24-3-1-2-22-8-21-12-13(18)19-7-20-14(12)22/h4-8H,1-3H2,(H2,18,19,20). The van der Waals surface area contributed by atoms with E-state index >= 15 is 0 Å². The van der Waals surface area contributed by atoms with Crippen molar-refractivity contribution < 1.29 is 9.53 Å². The number of carbonyl (C=O) groups is 1. The number of anilines is 1. The summed E-state index contributed by atoms with van der Waals surface area (Å²) in [5, 5.41) is 0.771. The number of nitrogens with zero attached hydrogens (tertiary/aromatic N) is 4. The van der Waals surface area contributed by atoms with Crippen LogP contribution >= 0.6 is 23.2 Å². The third-order valence-electron chi connectivity index (χ3n) is 3.30. The topological polar surface area (TPSA) is 95.9 Å². The highest BCUT2D eigenvalue weighted by molar-refractivity contribution is 6.35. The first-order valence-electron chi connectivity index (χ1n) is 7.09. The van der Waals surface area contributed by atoms with E-state index in [0.29, 0.717) is 45.6 Å². The molecule has 0 amide bonds. The van der Waals surface area contributed by atoms with E-state index in [4.69, 9.17) is 33.7 Å². The lowest BCUT2D eigenvalue weighted by atomic mass is 10.2. The van der Waals surface area contributed by atoms with E-state index in [9.17, 15) is 4.79 Å². The summed E-state index contributed by atoms with van der Waals surface area (Å²) in [6, 6.07) is 4.58. The van der Waals surface area contributed by atoms with Crippen molar-refractivity contribution in [2.75, 3.05) is 12.3 Å². The average molecular weight is 366 g/mol. The zero-order chi connectivity index (χ0) is 17.1. The van der Waals surface area contributed by atoms with Gasteiger partial charge in [-0.3, -0.25) is 0 Å². The molecule has 0 radical (unpaired) electrons. The minimum absolute atomic E-state index is 0.239. The average Bonchev–Trinajstić information content (AvgIpc) is 2.95. The zero-order valence-corrected chi connectivity index (χ0v) is 14.0. The molecule has 0 aliphatic rings. The number of hydrogen-bond acceptors (Lipinski definition) is 6. The predicted molar refractivity (Wildman–Crippen MR) is 91.1 cm³/mol. The smallest absolute Gasteiger partial charge is 0.338 e. The first kappa shape index (κ1) is 16.5. The Bertz CT molecular complexity index is 876. The van der Waals surface area contributed by atoms with Gasteiger partial charge in [-0.25, -0.2) is 19.7 Å². The van der Waals surface area contributed by atoms with E-state index in [1.54, 1.807) is 12.4 Å². The number of carbonyl (C=O) groups excluding carboxylic acids is 1. The molecule has 24 heavy (non-hydrogen) atoms. The quantitative estimate of drug-likeness (QED) is 0.551. The lowest BCUT2D eigenvalue weighted by Gasteiger charge is -2.07. The molecule has 0 unspecified atom stereocenters. The Hall–Kier alpha value is -2.38. The molecule has 0 saturated heterocycles. The summed E-state index contributed by atoms with van der Waals surface area (Å²) in [5.74, 6) is -0.135. The maximum absolute atomic E-state index is 12.0. The third-order valence-corrected chi connectivity index (χ3v) is 3.74. The van der Waals surface area contributed by atoms with Crippen LogP contribution in [0.4, 0.5) is 5.82 Å². The summed E-state index contributed by atoms with van der Waals surface area (Å²) in [7, 11) is 0. The number of nitrogen functional groups attached to an aromatic ring is 1. The molecular formula is C15H13Cl2N5O2. The molecule has 2 aromatic heterocycles. The van der Waals surface area contributed by atoms with Crippen LogP contribution in [0.3, 0.4) is 0 Å². The van der Waals surface area contributed by atoms with Crippen LogP contribution in [0.15, 0.2) is 30.9 Å². The van der Waals surface area contributed by atoms with Crippen LogP contribution in [-0.4, -0.2) is 32.1 Å². The van der Waals surface area contributed by atoms with Crippen molar-refractivity contribution in [3.8, 4) is 0 Å². The van der Waals surface area contributed by atoms with Crippen molar-refractivity contribution in [1.82, 2.24) is 19.5 Å². The van der Waals surface area contributed by atoms with Crippen LogP contribution in [0.5, 0.6) is 0 Å². The first-order chi connectivity index (χ1) is 11.5. The van der Waals surface area contributed by atoms with E-state index < -0.39 is 5.97 Å². The summed E-state index contributed by atoms with van der Waals surface area (Å²) in [4.78, 5) is 24.2. The van der Waals surface area contributed by atoms with Crippen molar-refractivity contribution in [3.63, 3.8) is 0 Å². The minimum Gasteiger partial charge on any atom is -0.462 e. The molecule has 2 N–H and O–H groups in total. The monoisotopic (exact) mass is 365 g/mol. The molecule has 0 saturated carbocycles. The predicted octanol–water partition coefficient (Wildman–Crippen LogP) is 2.96. The first-order valence-corrected chi connectivity index (χ1v) is 7.84. The Kier molecular flexibility index (Phi) is 4.82. The molecule has 0 aliphatic carbocycles. The fourth-order valence-electron chi connectivity index (χ4n) is 2.22. The van der Waals surface area contributed by atoms with Crippen molar-refractivity contribution in [2.45, 2.75) is 13.0 Å². The van der Waals surface area contributed by atoms with Gasteiger partial charge in [-0.05, 0) is 24.6 Å². The molecule has 124 valence electrons. The Balaban J connectivity index is 1.56. The Morgan fingerprint density at radius 2 is 1.92 bits per heavy atom. The van der Waals surface area contributed by atoms with E-state index in [2.05, 4.69) is 15.0 Å². The number of benzene rings is 1. The molecule has 1 aromatic carbocycles. The van der Waals surface area contributed by atoms with Gasteiger partial charge in [-0.1, -0.05) is 23.2 Å². The fraction of sp³-hybridized carbons (Fsp3) is 0.200. The number of hydrogen-bond donors (Lipinski definition) is 1. The highest BCUT2D eigenvalue weighted by Crippen LogP contribution is 2.20. The van der Waals surface area contributed by atoms with Gasteiger partial charge >= 0.3 is 5.97 Å². The second-order valence-electron chi connectivity index (χ2n) is 5.02. The largest absolute Gasteiger partial charge is 0.462 e. The van der Waals surface area contributed by atoms with Crippen molar-refractivity contribution >= 4 is 46.2 Å². The second kappa shape index (κ2) is 7.02. The van der Waals surface area contributed by atoms with Crippen molar-refractivity contribution in [2.24, 2.45) is 0 Å². The summed E-state index contributed by atoms with van der Waals surface area (Å²) in [6.07, 6.45) is 3.61. The Morgan fingerprint density at radius 1 is 1.17 bits per heavy atom. The number of fused-ring (bicyclic) bond motifs is 1. The van der Waals surface area contributed by atoms with Gasteiger partial charge in [0.05, 0.1) is 18.5 Å². The van der Waals surface area contributed by atoms with Gasteiger partial charge in [0.15, 0.2) is 11.5 Å². The summed E-state index contributed by atoms with van der Waals surface area (Å²) >= 11 is 11.7. The Morgan fingerprint density at radius 3 is 2.67 bits per heavy atom. The zero-order valence-electron chi connectivity index (χ0n) is 12.4. The van der Waals surface area contributed by atoms with Gasteiger partial charge in [-0.15, -0.1) is 0 Å². The lowest BCUT2D eigenvalue weighted by molar-refractivity contribution is 0.0496. The third kappa shape index (κ3) is 3.58. The maximum Gasteiger partial charge on any atom is 0.338 e. The van der Waals surface area contributed by atoms with Crippen molar-refractivity contribution in [3.05, 3.63) is 46.5 Å². The van der Waals surface area contributed by atoms with Crippen LogP contribution in [0, 0.1) is 0 Å². The maximum atomic E-state index is 12.0. The van der Waals surface area contributed by atoms with E-state index in [1.165, 1.54) is 18.5 Å². The molecule has 0 bridgehead atoms. The number of nitrogens with two attached hydrogens (primary N) is 1. The van der Waals surface area contributed by atoms with Gasteiger partial charge in [-0.2, -0.15) is 0 Å². The molecule has 7 nitrogen and oxygen atoms in total. The van der Waals surface area contributed by atoms with Gasteiger partial charge in [0.2, 0.25) is 0 Å². The SMILES string of the molecule is Nc1ncnc2c1ncn2CCCOC(=O)c1cc(Cl)cc(Cl)c1. The number of ether oxygens (including phenoxy) is 1.